The molecule has 0 radical (unpaired) electrons. The highest BCUT2D eigenvalue weighted by Gasteiger charge is 1.95. The second-order valence-electron chi connectivity index (χ2n) is 1.95. The first kappa shape index (κ1) is 7.56. The summed E-state index contributed by atoms with van der Waals surface area (Å²) < 4.78 is 0. The monoisotopic (exact) mass is 151 g/mol. The summed E-state index contributed by atoms with van der Waals surface area (Å²) in [6.07, 6.45) is 0.607. The summed E-state index contributed by atoms with van der Waals surface area (Å²) >= 11 is 0. The molecule has 58 valence electrons. The Labute approximate surface area is 64.4 Å². The fourth-order valence-corrected chi connectivity index (χ4v) is 0.798. The Morgan fingerprint density at radius 3 is 2.45 bits per heavy atom. The van der Waals surface area contributed by atoms with Crippen LogP contribution in [-0.2, 0) is 4.79 Å². The molecule has 0 saturated carbocycles. The van der Waals surface area contributed by atoms with E-state index in [1.807, 2.05) is 12.1 Å². The zero-order valence-corrected chi connectivity index (χ0v) is 5.87. The molecule has 4 nitrogen and oxygen atoms in total. The van der Waals surface area contributed by atoms with Gasteiger partial charge in [-0.15, -0.1) is 0 Å². The number of hydrogen-bond donors (Lipinski definition) is 3. The second kappa shape index (κ2) is 3.58. The van der Waals surface area contributed by atoms with Crippen molar-refractivity contribution in [2.24, 2.45) is 5.84 Å². The Morgan fingerprint density at radius 2 is 1.91 bits per heavy atom. The minimum atomic E-state index is 0.607. The van der Waals surface area contributed by atoms with Crippen molar-refractivity contribution in [2.75, 3.05) is 10.7 Å². The average molecular weight is 151 g/mol. The highest BCUT2D eigenvalue weighted by Crippen LogP contribution is 2.18. The molecular formula is C7H9N3O. The third kappa shape index (κ3) is 1.68. The Bertz CT molecular complexity index is 249. The van der Waals surface area contributed by atoms with E-state index in [1.54, 1.807) is 12.1 Å². The van der Waals surface area contributed by atoms with Gasteiger partial charge in [0.2, 0.25) is 6.41 Å². The van der Waals surface area contributed by atoms with Crippen LogP contribution in [0.15, 0.2) is 24.3 Å². The number of amides is 1. The molecule has 1 aromatic carbocycles. The Morgan fingerprint density at radius 1 is 1.27 bits per heavy atom. The summed E-state index contributed by atoms with van der Waals surface area (Å²) in [4.78, 5) is 10.1. The lowest BCUT2D eigenvalue weighted by Gasteiger charge is -2.05. The minimum absolute atomic E-state index is 0.607. The molecule has 0 saturated heterocycles. The zero-order valence-electron chi connectivity index (χ0n) is 5.87. The first-order valence-corrected chi connectivity index (χ1v) is 3.14. The molecule has 4 N–H and O–H groups in total. The Kier molecular flexibility index (Phi) is 2.46. The number of carbonyl (C=O) groups excluding carboxylic acids is 1. The van der Waals surface area contributed by atoms with E-state index in [0.717, 1.165) is 0 Å². The molecule has 0 spiro atoms. The zero-order chi connectivity index (χ0) is 8.10. The summed E-state index contributed by atoms with van der Waals surface area (Å²) in [6.45, 7) is 0. The van der Waals surface area contributed by atoms with Gasteiger partial charge < -0.3 is 10.7 Å². The number of hydrazine groups is 1. The van der Waals surface area contributed by atoms with Gasteiger partial charge in [-0.05, 0) is 12.1 Å². The molecule has 0 aliphatic rings. The third-order valence-electron chi connectivity index (χ3n) is 1.30. The average Bonchev–Trinajstić information content (AvgIpc) is 2.06. The summed E-state index contributed by atoms with van der Waals surface area (Å²) in [5.41, 5.74) is 3.82. The van der Waals surface area contributed by atoms with Gasteiger partial charge in [-0.25, -0.2) is 0 Å². The van der Waals surface area contributed by atoms with Crippen molar-refractivity contribution in [1.29, 1.82) is 0 Å². The van der Waals surface area contributed by atoms with Crippen LogP contribution in [0.25, 0.3) is 0 Å². The van der Waals surface area contributed by atoms with Crippen LogP contribution >= 0.6 is 0 Å². The summed E-state index contributed by atoms with van der Waals surface area (Å²) in [5.74, 6) is 5.17. The van der Waals surface area contributed by atoms with Crippen molar-refractivity contribution in [1.82, 2.24) is 0 Å². The number of nitrogens with two attached hydrogens (primary N) is 1. The first-order valence-electron chi connectivity index (χ1n) is 3.14. The lowest BCUT2D eigenvalue weighted by atomic mass is 10.3. The summed E-state index contributed by atoms with van der Waals surface area (Å²) in [5, 5.41) is 2.50. The Balaban J connectivity index is 2.92. The van der Waals surface area contributed by atoms with E-state index in [4.69, 9.17) is 5.84 Å². The quantitative estimate of drug-likeness (QED) is 0.335. The molecule has 0 bridgehead atoms. The van der Waals surface area contributed by atoms with Crippen LogP contribution < -0.4 is 16.6 Å². The fourth-order valence-electron chi connectivity index (χ4n) is 0.798. The number of benzene rings is 1. The second-order valence-corrected chi connectivity index (χ2v) is 1.95. The molecule has 1 aromatic rings. The highest BCUT2D eigenvalue weighted by atomic mass is 16.1. The molecule has 0 fully saturated rings. The third-order valence-corrected chi connectivity index (χ3v) is 1.30. The predicted octanol–water partition coefficient (Wildman–Crippen LogP) is 0.541. The van der Waals surface area contributed by atoms with Crippen LogP contribution in [0.2, 0.25) is 0 Å². The maximum atomic E-state index is 10.1. The van der Waals surface area contributed by atoms with E-state index in [2.05, 4.69) is 10.7 Å². The normalized spacial score (nSPS) is 8.82. The fraction of sp³-hybridized carbons (Fsp3) is 0. The van der Waals surface area contributed by atoms with Gasteiger partial charge in [0.25, 0.3) is 0 Å². The lowest BCUT2D eigenvalue weighted by molar-refractivity contribution is -0.105. The molecule has 0 aliphatic heterocycles. The van der Waals surface area contributed by atoms with E-state index >= 15 is 0 Å². The van der Waals surface area contributed by atoms with Crippen LogP contribution in [0.3, 0.4) is 0 Å². The lowest BCUT2D eigenvalue weighted by Crippen LogP contribution is -2.09. The first-order chi connectivity index (χ1) is 5.38. The van der Waals surface area contributed by atoms with Gasteiger partial charge in [0.1, 0.15) is 0 Å². The molecule has 0 aliphatic carbocycles. The highest BCUT2D eigenvalue weighted by molar-refractivity contribution is 5.80. The van der Waals surface area contributed by atoms with Gasteiger partial charge in [-0.1, -0.05) is 12.1 Å². The SMILES string of the molecule is NNc1ccccc1NC=O. The number of nitrogens with one attached hydrogen (secondary N) is 2. The van der Waals surface area contributed by atoms with Crippen LogP contribution in [0.1, 0.15) is 0 Å². The number of rotatable bonds is 3. The molecule has 4 heteroatoms. The minimum Gasteiger partial charge on any atom is -0.327 e. The van der Waals surface area contributed by atoms with Gasteiger partial charge in [0.05, 0.1) is 11.4 Å². The van der Waals surface area contributed by atoms with Crippen molar-refractivity contribution in [3.8, 4) is 0 Å². The summed E-state index contributed by atoms with van der Waals surface area (Å²) in [6, 6.07) is 7.16. The van der Waals surface area contributed by atoms with Crippen LogP contribution in [0.5, 0.6) is 0 Å². The number of para-hydroxylation sites is 2. The largest absolute Gasteiger partial charge is 0.327 e. The molecule has 11 heavy (non-hydrogen) atoms. The number of anilines is 2. The predicted molar refractivity (Wildman–Crippen MR) is 43.9 cm³/mol. The van der Waals surface area contributed by atoms with Crippen LogP contribution in [0.4, 0.5) is 11.4 Å². The van der Waals surface area contributed by atoms with Gasteiger partial charge in [-0.2, -0.15) is 0 Å². The number of hydrogen-bond acceptors (Lipinski definition) is 3. The smallest absolute Gasteiger partial charge is 0.211 e. The van der Waals surface area contributed by atoms with Gasteiger partial charge in [0, 0.05) is 0 Å². The van der Waals surface area contributed by atoms with Crippen LogP contribution in [0, 0.1) is 0 Å². The maximum absolute atomic E-state index is 10.1. The maximum Gasteiger partial charge on any atom is 0.211 e. The molecule has 0 atom stereocenters. The Hall–Kier alpha value is -1.55. The molecule has 0 heterocycles. The number of nitrogen functional groups attached to an aromatic ring is 1. The molecular weight excluding hydrogens is 142 g/mol. The molecule has 1 amide bonds. The van der Waals surface area contributed by atoms with E-state index in [0.29, 0.717) is 17.8 Å². The van der Waals surface area contributed by atoms with E-state index in [-0.39, 0.29) is 0 Å². The topological polar surface area (TPSA) is 67.2 Å². The van der Waals surface area contributed by atoms with Crippen LogP contribution in [-0.4, -0.2) is 6.41 Å². The summed E-state index contributed by atoms with van der Waals surface area (Å²) in [7, 11) is 0. The van der Waals surface area contributed by atoms with Crippen molar-refractivity contribution >= 4 is 17.8 Å². The van der Waals surface area contributed by atoms with Gasteiger partial charge >= 0.3 is 0 Å². The molecule has 0 aromatic heterocycles. The van der Waals surface area contributed by atoms with E-state index < -0.39 is 0 Å². The van der Waals surface area contributed by atoms with E-state index in [9.17, 15) is 4.79 Å². The van der Waals surface area contributed by atoms with E-state index in [1.165, 1.54) is 0 Å². The number of carbonyl (C=O) groups is 1. The molecule has 1 rings (SSSR count). The van der Waals surface area contributed by atoms with Crippen molar-refractivity contribution in [3.05, 3.63) is 24.3 Å². The van der Waals surface area contributed by atoms with Gasteiger partial charge in [0.15, 0.2) is 0 Å². The van der Waals surface area contributed by atoms with Crippen molar-refractivity contribution in [2.45, 2.75) is 0 Å². The van der Waals surface area contributed by atoms with Crippen molar-refractivity contribution < 1.29 is 4.79 Å². The van der Waals surface area contributed by atoms with Gasteiger partial charge in [-0.3, -0.25) is 10.6 Å². The molecule has 0 unspecified atom stereocenters. The standard InChI is InChI=1S/C7H9N3O/c8-10-7-4-2-1-3-6(7)9-5-11/h1-5,10H,8H2,(H,9,11). The van der Waals surface area contributed by atoms with Crippen molar-refractivity contribution in [3.63, 3.8) is 0 Å².